The fraction of sp³-hybridized carbons (Fsp3) is 0.133. The Labute approximate surface area is 133 Å². The van der Waals surface area contributed by atoms with Crippen LogP contribution in [0.25, 0.3) is 16.9 Å². The molecular weight excluding hydrogens is 353 g/mol. The van der Waals surface area contributed by atoms with E-state index in [-0.39, 0.29) is 11.5 Å². The lowest BCUT2D eigenvalue weighted by Gasteiger charge is -2.07. The van der Waals surface area contributed by atoms with Gasteiger partial charge in [-0.2, -0.15) is 5.10 Å². The highest BCUT2D eigenvalue weighted by Gasteiger charge is 2.19. The Morgan fingerprint density at radius 1 is 1.32 bits per heavy atom. The molecule has 0 atom stereocenters. The molecule has 0 aliphatic carbocycles. The van der Waals surface area contributed by atoms with E-state index < -0.39 is 5.97 Å². The van der Waals surface area contributed by atoms with E-state index >= 15 is 0 Å². The maximum absolute atomic E-state index is 13.1. The van der Waals surface area contributed by atoms with Crippen LogP contribution >= 0.6 is 15.9 Å². The van der Waals surface area contributed by atoms with Crippen molar-refractivity contribution in [3.63, 3.8) is 0 Å². The predicted octanol–water partition coefficient (Wildman–Crippen LogP) is 3.39. The van der Waals surface area contributed by atoms with Gasteiger partial charge >= 0.3 is 5.97 Å². The third kappa shape index (κ3) is 2.37. The largest absolute Gasteiger partial charge is 0.464 e. The van der Waals surface area contributed by atoms with Crippen LogP contribution in [0.15, 0.2) is 34.8 Å². The molecule has 0 fully saturated rings. The van der Waals surface area contributed by atoms with Crippen molar-refractivity contribution in [3.8, 4) is 11.3 Å². The minimum Gasteiger partial charge on any atom is -0.464 e. The third-order valence-electron chi connectivity index (χ3n) is 3.23. The van der Waals surface area contributed by atoms with Gasteiger partial charge in [-0.25, -0.2) is 18.7 Å². The monoisotopic (exact) mass is 363 g/mol. The van der Waals surface area contributed by atoms with Crippen LogP contribution in [0.5, 0.6) is 0 Å². The van der Waals surface area contributed by atoms with Crippen molar-refractivity contribution in [2.75, 3.05) is 7.11 Å². The van der Waals surface area contributed by atoms with Crippen molar-refractivity contribution in [3.05, 3.63) is 52.0 Å². The summed E-state index contributed by atoms with van der Waals surface area (Å²) >= 11 is 3.42. The van der Waals surface area contributed by atoms with E-state index in [9.17, 15) is 9.18 Å². The average molecular weight is 364 g/mol. The third-order valence-corrected chi connectivity index (χ3v) is 4.16. The van der Waals surface area contributed by atoms with Crippen LogP contribution in [0.1, 0.15) is 16.2 Å². The minimum absolute atomic E-state index is 0.251. The van der Waals surface area contributed by atoms with Crippen LogP contribution in [0, 0.1) is 12.7 Å². The molecule has 3 aromatic rings. The van der Waals surface area contributed by atoms with Crippen LogP contribution in [0.2, 0.25) is 0 Å². The van der Waals surface area contributed by atoms with Crippen molar-refractivity contribution >= 4 is 27.5 Å². The molecule has 112 valence electrons. The van der Waals surface area contributed by atoms with Gasteiger partial charge in [0.2, 0.25) is 0 Å². The second kappa shape index (κ2) is 5.49. The first-order chi connectivity index (χ1) is 10.5. The quantitative estimate of drug-likeness (QED) is 0.654. The van der Waals surface area contributed by atoms with Crippen molar-refractivity contribution in [2.45, 2.75) is 6.92 Å². The molecule has 0 N–H and O–H groups in total. The number of fused-ring (bicyclic) bond motifs is 1. The molecule has 0 aliphatic heterocycles. The number of hydrogen-bond acceptors (Lipinski definition) is 4. The molecular formula is C15H11BrFN3O2. The molecule has 0 spiro atoms. The summed E-state index contributed by atoms with van der Waals surface area (Å²) in [7, 11) is 1.30. The normalized spacial score (nSPS) is 10.9. The summed E-state index contributed by atoms with van der Waals surface area (Å²) in [6.07, 6.45) is 0. The van der Waals surface area contributed by atoms with Crippen LogP contribution in [-0.2, 0) is 4.74 Å². The first-order valence-corrected chi connectivity index (χ1v) is 7.20. The number of esters is 1. The Balaban J connectivity index is 2.30. The number of methoxy groups -OCH3 is 1. The van der Waals surface area contributed by atoms with E-state index in [0.717, 1.165) is 0 Å². The Bertz CT molecular complexity index is 875. The van der Waals surface area contributed by atoms with E-state index in [0.29, 0.717) is 27.1 Å². The van der Waals surface area contributed by atoms with Gasteiger partial charge in [0.05, 0.1) is 23.0 Å². The lowest BCUT2D eigenvalue weighted by Crippen LogP contribution is -2.10. The van der Waals surface area contributed by atoms with Crippen molar-refractivity contribution in [1.82, 2.24) is 14.6 Å². The van der Waals surface area contributed by atoms with Crippen molar-refractivity contribution in [1.29, 1.82) is 0 Å². The van der Waals surface area contributed by atoms with Gasteiger partial charge in [-0.3, -0.25) is 0 Å². The highest BCUT2D eigenvalue weighted by Crippen LogP contribution is 2.26. The number of nitrogens with zero attached hydrogens (tertiary/aromatic N) is 3. The van der Waals surface area contributed by atoms with Gasteiger partial charge in [-0.05, 0) is 53.2 Å². The van der Waals surface area contributed by atoms with Gasteiger partial charge in [0.25, 0.3) is 0 Å². The molecule has 0 radical (unpaired) electrons. The summed E-state index contributed by atoms with van der Waals surface area (Å²) in [5, 5.41) is 4.28. The first kappa shape index (κ1) is 14.6. The Morgan fingerprint density at radius 2 is 2.00 bits per heavy atom. The smallest absolute Gasteiger partial charge is 0.356 e. The van der Waals surface area contributed by atoms with Gasteiger partial charge in [0.1, 0.15) is 5.82 Å². The maximum atomic E-state index is 13.1. The Kier molecular flexibility index (Phi) is 3.66. The Hall–Kier alpha value is -2.28. The summed E-state index contributed by atoms with van der Waals surface area (Å²) in [5.41, 5.74) is 2.68. The lowest BCUT2D eigenvalue weighted by molar-refractivity contribution is 0.0590. The molecule has 0 bridgehead atoms. The molecule has 22 heavy (non-hydrogen) atoms. The van der Waals surface area contributed by atoms with Crippen molar-refractivity contribution < 1.29 is 13.9 Å². The molecule has 5 nitrogen and oxygen atoms in total. The van der Waals surface area contributed by atoms with Crippen LogP contribution in [0.4, 0.5) is 4.39 Å². The predicted molar refractivity (Wildman–Crippen MR) is 82.2 cm³/mol. The number of hydrogen-bond donors (Lipinski definition) is 0. The Morgan fingerprint density at radius 3 is 2.64 bits per heavy atom. The van der Waals surface area contributed by atoms with Crippen LogP contribution < -0.4 is 0 Å². The van der Waals surface area contributed by atoms with Gasteiger partial charge in [0.15, 0.2) is 11.3 Å². The number of aryl methyl sites for hydroxylation is 1. The SMILES string of the molecule is COC(=O)c1cc(-c2ccc(F)cc2)nc2c(Br)c(C)nn12. The fourth-order valence-electron chi connectivity index (χ4n) is 2.12. The highest BCUT2D eigenvalue weighted by molar-refractivity contribution is 9.10. The van der Waals surface area contributed by atoms with Gasteiger partial charge in [0, 0.05) is 5.56 Å². The zero-order valence-electron chi connectivity index (χ0n) is 11.8. The standard InChI is InChI=1S/C15H11BrFN3O2/c1-8-13(16)14-18-11(9-3-5-10(17)6-4-9)7-12(15(21)22-2)20(14)19-8/h3-7H,1-2H3. The first-order valence-electron chi connectivity index (χ1n) is 6.41. The van der Waals surface area contributed by atoms with Gasteiger partial charge in [-0.15, -0.1) is 0 Å². The second-order valence-electron chi connectivity index (χ2n) is 4.66. The van der Waals surface area contributed by atoms with E-state index in [4.69, 9.17) is 4.74 Å². The number of carbonyl (C=O) groups excluding carboxylic acids is 1. The zero-order valence-corrected chi connectivity index (χ0v) is 13.4. The molecule has 0 unspecified atom stereocenters. The number of halogens is 2. The lowest BCUT2D eigenvalue weighted by atomic mass is 10.1. The molecule has 0 saturated carbocycles. The molecule has 7 heteroatoms. The van der Waals surface area contributed by atoms with Gasteiger partial charge in [-0.1, -0.05) is 0 Å². The summed E-state index contributed by atoms with van der Waals surface area (Å²) < 4.78 is 20.0. The summed E-state index contributed by atoms with van der Waals surface area (Å²) in [6, 6.07) is 7.47. The summed E-state index contributed by atoms with van der Waals surface area (Å²) in [5.74, 6) is -0.856. The molecule has 1 aromatic carbocycles. The number of benzene rings is 1. The van der Waals surface area contributed by atoms with Crippen molar-refractivity contribution in [2.24, 2.45) is 0 Å². The molecule has 0 saturated heterocycles. The summed E-state index contributed by atoms with van der Waals surface area (Å²) in [6.45, 7) is 1.80. The summed E-state index contributed by atoms with van der Waals surface area (Å²) in [4.78, 5) is 16.5. The maximum Gasteiger partial charge on any atom is 0.356 e. The number of rotatable bonds is 2. The number of aromatic nitrogens is 3. The van der Waals surface area contributed by atoms with E-state index in [2.05, 4.69) is 26.0 Å². The van der Waals surface area contributed by atoms with Gasteiger partial charge < -0.3 is 4.74 Å². The minimum atomic E-state index is -0.522. The molecule has 2 aromatic heterocycles. The van der Waals surface area contributed by atoms with E-state index in [1.165, 1.54) is 23.8 Å². The topological polar surface area (TPSA) is 56.5 Å². The van der Waals surface area contributed by atoms with Crippen LogP contribution in [0.3, 0.4) is 0 Å². The van der Waals surface area contributed by atoms with E-state index in [1.54, 1.807) is 25.1 Å². The number of carbonyl (C=O) groups is 1. The zero-order chi connectivity index (χ0) is 15.9. The molecule has 2 heterocycles. The average Bonchev–Trinajstić information content (AvgIpc) is 2.81. The molecule has 0 amide bonds. The number of ether oxygens (including phenoxy) is 1. The molecule has 0 aliphatic rings. The second-order valence-corrected chi connectivity index (χ2v) is 5.45. The van der Waals surface area contributed by atoms with Crippen LogP contribution in [-0.4, -0.2) is 27.7 Å². The highest BCUT2D eigenvalue weighted by atomic mass is 79.9. The fourth-order valence-corrected chi connectivity index (χ4v) is 2.45. The van der Waals surface area contributed by atoms with E-state index in [1.807, 2.05) is 0 Å². The molecule has 3 rings (SSSR count).